The number of nitrogens with two attached hydrogens (primary N) is 1. The number of carbonyl (C=O) groups excluding carboxylic acids is 1. The number of rotatable bonds is 3. The first-order valence-corrected chi connectivity index (χ1v) is 5.27. The quantitative estimate of drug-likeness (QED) is 0.810. The zero-order valence-corrected chi connectivity index (χ0v) is 9.99. The average molecular weight is 273 g/mol. The van der Waals surface area contributed by atoms with Crippen molar-refractivity contribution in [2.75, 3.05) is 25.9 Å². The van der Waals surface area contributed by atoms with Crippen molar-refractivity contribution >= 4 is 27.5 Å². The Morgan fingerprint density at radius 1 is 1.60 bits per heavy atom. The molecule has 0 fully saturated rings. The molecule has 0 heterocycles. The smallest absolute Gasteiger partial charge is 0.256 e. The highest BCUT2D eigenvalue weighted by molar-refractivity contribution is 9.10. The Labute approximate surface area is 96.8 Å². The molecule has 0 aliphatic heterocycles. The Morgan fingerprint density at radius 2 is 2.27 bits per heavy atom. The number of hydrogen-bond donors (Lipinski definition) is 2. The average Bonchev–Trinajstić information content (AvgIpc) is 2.17. The van der Waals surface area contributed by atoms with Gasteiger partial charge < -0.3 is 15.7 Å². The highest BCUT2D eigenvalue weighted by Gasteiger charge is 2.16. The van der Waals surface area contributed by atoms with Crippen LogP contribution in [0.2, 0.25) is 0 Å². The Hall–Kier alpha value is -1.07. The second-order valence-corrected chi connectivity index (χ2v) is 4.01. The van der Waals surface area contributed by atoms with Gasteiger partial charge in [-0.25, -0.2) is 0 Å². The summed E-state index contributed by atoms with van der Waals surface area (Å²) in [6, 6.07) is 5.20. The molecular weight excluding hydrogens is 260 g/mol. The van der Waals surface area contributed by atoms with Gasteiger partial charge in [0.05, 0.1) is 12.2 Å². The van der Waals surface area contributed by atoms with Crippen LogP contribution in [0.15, 0.2) is 22.7 Å². The van der Waals surface area contributed by atoms with E-state index in [0.29, 0.717) is 22.3 Å². The summed E-state index contributed by atoms with van der Waals surface area (Å²) in [5, 5.41) is 8.73. The van der Waals surface area contributed by atoms with Crippen LogP contribution >= 0.6 is 15.9 Å². The highest BCUT2D eigenvalue weighted by Crippen LogP contribution is 2.23. The van der Waals surface area contributed by atoms with Crippen molar-refractivity contribution in [2.45, 2.75) is 0 Å². The molecule has 0 radical (unpaired) electrons. The van der Waals surface area contributed by atoms with Crippen molar-refractivity contribution in [1.82, 2.24) is 4.90 Å². The molecule has 4 nitrogen and oxygen atoms in total. The molecule has 1 amide bonds. The van der Waals surface area contributed by atoms with E-state index >= 15 is 0 Å². The van der Waals surface area contributed by atoms with Gasteiger partial charge in [0.1, 0.15) is 0 Å². The summed E-state index contributed by atoms with van der Waals surface area (Å²) in [4.78, 5) is 13.3. The van der Waals surface area contributed by atoms with E-state index in [1.807, 2.05) is 0 Å². The third-order valence-electron chi connectivity index (χ3n) is 2.04. The molecule has 1 aromatic rings. The van der Waals surface area contributed by atoms with E-state index in [1.54, 1.807) is 25.2 Å². The Bertz CT molecular complexity index is 348. The third kappa shape index (κ3) is 2.70. The summed E-state index contributed by atoms with van der Waals surface area (Å²) in [5.41, 5.74) is 6.58. The summed E-state index contributed by atoms with van der Waals surface area (Å²) in [7, 11) is 1.62. The highest BCUT2D eigenvalue weighted by atomic mass is 79.9. The van der Waals surface area contributed by atoms with Crippen LogP contribution in [0.25, 0.3) is 0 Å². The first kappa shape index (κ1) is 12.0. The van der Waals surface area contributed by atoms with Crippen molar-refractivity contribution < 1.29 is 9.90 Å². The number of aliphatic hydroxyl groups excluding tert-OH is 1. The minimum absolute atomic E-state index is 0.0629. The van der Waals surface area contributed by atoms with Crippen LogP contribution in [-0.2, 0) is 0 Å². The van der Waals surface area contributed by atoms with Gasteiger partial charge in [-0.05, 0) is 28.1 Å². The number of nitrogen functional groups attached to an aromatic ring is 1. The van der Waals surface area contributed by atoms with E-state index in [-0.39, 0.29) is 12.5 Å². The van der Waals surface area contributed by atoms with E-state index in [4.69, 9.17) is 10.8 Å². The molecule has 0 aliphatic rings. The minimum atomic E-state index is -0.200. The Kier molecular flexibility index (Phi) is 4.11. The van der Waals surface area contributed by atoms with Crippen LogP contribution < -0.4 is 5.73 Å². The number of hydrogen-bond acceptors (Lipinski definition) is 3. The number of benzene rings is 1. The van der Waals surface area contributed by atoms with Crippen molar-refractivity contribution in [2.24, 2.45) is 0 Å². The largest absolute Gasteiger partial charge is 0.398 e. The molecule has 0 aromatic heterocycles. The zero-order chi connectivity index (χ0) is 11.4. The fourth-order valence-electron chi connectivity index (χ4n) is 1.21. The second-order valence-electron chi connectivity index (χ2n) is 3.15. The van der Waals surface area contributed by atoms with Crippen molar-refractivity contribution in [3.63, 3.8) is 0 Å². The topological polar surface area (TPSA) is 66.6 Å². The summed E-state index contributed by atoms with van der Waals surface area (Å²) in [6.45, 7) is 0.228. The maximum absolute atomic E-state index is 11.9. The number of likely N-dealkylation sites (N-methyl/N-ethyl adjacent to an activating group) is 1. The van der Waals surface area contributed by atoms with Crippen LogP contribution in [0.3, 0.4) is 0 Å². The van der Waals surface area contributed by atoms with Gasteiger partial charge in [-0.2, -0.15) is 0 Å². The first-order valence-electron chi connectivity index (χ1n) is 4.48. The lowest BCUT2D eigenvalue weighted by molar-refractivity contribution is 0.0767. The van der Waals surface area contributed by atoms with Crippen LogP contribution in [0.4, 0.5) is 5.69 Å². The second kappa shape index (κ2) is 5.14. The molecule has 15 heavy (non-hydrogen) atoms. The van der Waals surface area contributed by atoms with Crippen molar-refractivity contribution in [1.29, 1.82) is 0 Å². The van der Waals surface area contributed by atoms with Crippen LogP contribution in [-0.4, -0.2) is 36.1 Å². The molecule has 0 aliphatic carbocycles. The molecule has 0 atom stereocenters. The third-order valence-corrected chi connectivity index (χ3v) is 2.70. The molecule has 5 heteroatoms. The number of anilines is 1. The summed E-state index contributed by atoms with van der Waals surface area (Å²) >= 11 is 3.28. The molecule has 0 spiro atoms. The molecule has 3 N–H and O–H groups in total. The predicted molar refractivity (Wildman–Crippen MR) is 62.6 cm³/mol. The zero-order valence-electron chi connectivity index (χ0n) is 8.40. The Morgan fingerprint density at radius 3 is 2.80 bits per heavy atom. The molecule has 0 unspecified atom stereocenters. The van der Waals surface area contributed by atoms with Crippen LogP contribution in [0, 0.1) is 0 Å². The normalized spacial score (nSPS) is 10.1. The van der Waals surface area contributed by atoms with Gasteiger partial charge in [0.25, 0.3) is 5.91 Å². The van der Waals surface area contributed by atoms with E-state index < -0.39 is 0 Å². The van der Waals surface area contributed by atoms with E-state index in [0.717, 1.165) is 0 Å². The van der Waals surface area contributed by atoms with Crippen LogP contribution in [0.1, 0.15) is 10.4 Å². The fraction of sp³-hybridized carbons (Fsp3) is 0.300. The molecule has 0 saturated carbocycles. The molecule has 1 rings (SSSR count). The minimum Gasteiger partial charge on any atom is -0.398 e. The maximum Gasteiger partial charge on any atom is 0.256 e. The number of amides is 1. The van der Waals surface area contributed by atoms with Gasteiger partial charge in [-0.3, -0.25) is 4.79 Å². The molecule has 0 saturated heterocycles. The van der Waals surface area contributed by atoms with Gasteiger partial charge >= 0.3 is 0 Å². The lowest BCUT2D eigenvalue weighted by Crippen LogP contribution is -2.30. The van der Waals surface area contributed by atoms with Crippen molar-refractivity contribution in [3.8, 4) is 0 Å². The van der Waals surface area contributed by atoms with Gasteiger partial charge in [-0.15, -0.1) is 0 Å². The lowest BCUT2D eigenvalue weighted by Gasteiger charge is -2.17. The van der Waals surface area contributed by atoms with E-state index in [1.165, 1.54) is 4.90 Å². The van der Waals surface area contributed by atoms with Crippen LogP contribution in [0.5, 0.6) is 0 Å². The maximum atomic E-state index is 11.9. The van der Waals surface area contributed by atoms with E-state index in [2.05, 4.69) is 15.9 Å². The summed E-state index contributed by atoms with van der Waals surface area (Å²) in [6.07, 6.45) is 0. The molecular formula is C10H13BrN2O2. The number of aliphatic hydroxyl groups is 1. The SMILES string of the molecule is CN(CCO)C(=O)c1c(N)cccc1Br. The summed E-state index contributed by atoms with van der Waals surface area (Å²) < 4.78 is 0.664. The predicted octanol–water partition coefficient (Wildman–Crippen LogP) is 1.10. The first-order chi connectivity index (χ1) is 7.07. The fourth-order valence-corrected chi connectivity index (χ4v) is 1.76. The van der Waals surface area contributed by atoms with Gasteiger partial charge in [0.15, 0.2) is 0 Å². The van der Waals surface area contributed by atoms with Gasteiger partial charge in [-0.1, -0.05) is 6.07 Å². The standard InChI is InChI=1S/C10H13BrN2O2/c1-13(5-6-14)10(15)9-7(11)3-2-4-8(9)12/h2-4,14H,5-6,12H2,1H3. The Balaban J connectivity index is 3.00. The number of carbonyl (C=O) groups is 1. The molecule has 0 bridgehead atoms. The van der Waals surface area contributed by atoms with Gasteiger partial charge in [0.2, 0.25) is 0 Å². The summed E-state index contributed by atoms with van der Waals surface area (Å²) in [5.74, 6) is -0.200. The van der Waals surface area contributed by atoms with Gasteiger partial charge in [0, 0.05) is 23.8 Å². The number of halogens is 1. The number of nitrogens with zero attached hydrogens (tertiary/aromatic N) is 1. The van der Waals surface area contributed by atoms with Crippen molar-refractivity contribution in [3.05, 3.63) is 28.2 Å². The van der Waals surface area contributed by atoms with E-state index in [9.17, 15) is 4.79 Å². The monoisotopic (exact) mass is 272 g/mol. The molecule has 1 aromatic carbocycles. The lowest BCUT2D eigenvalue weighted by atomic mass is 10.1. The molecule has 82 valence electrons.